The number of carbonyl (C=O) groups is 1. The number of aromatic nitrogens is 3. The number of carbonyl (C=O) groups excluding carboxylic acids is 1. The average Bonchev–Trinajstić information content (AvgIpc) is 2.95. The first-order valence-corrected chi connectivity index (χ1v) is 6.23. The van der Waals surface area contributed by atoms with E-state index in [1.165, 1.54) is 11.3 Å². The highest BCUT2D eigenvalue weighted by Gasteiger charge is 2.12. The van der Waals surface area contributed by atoms with Crippen molar-refractivity contribution in [2.45, 2.75) is 13.5 Å². The number of imidazole rings is 1. The lowest BCUT2D eigenvalue weighted by atomic mass is 10.3. The van der Waals surface area contributed by atoms with E-state index in [0.717, 1.165) is 17.2 Å². The summed E-state index contributed by atoms with van der Waals surface area (Å²) in [7, 11) is 0. The van der Waals surface area contributed by atoms with Gasteiger partial charge in [0.1, 0.15) is 10.7 Å². The fourth-order valence-corrected chi connectivity index (χ4v) is 2.32. The Morgan fingerprint density at radius 1 is 1.62 bits per heavy atom. The van der Waals surface area contributed by atoms with E-state index in [2.05, 4.69) is 9.97 Å². The molecule has 0 unspecified atom stereocenters. The van der Waals surface area contributed by atoms with Crippen LogP contribution in [-0.2, 0) is 6.54 Å². The SMILES string of the molecule is CCn1cncc1-c1nc(C(=O)CCl)cs1. The van der Waals surface area contributed by atoms with Gasteiger partial charge in [0.05, 0.1) is 24.1 Å². The lowest BCUT2D eigenvalue weighted by Gasteiger charge is -2.00. The standard InChI is InChI=1S/C10H10ClN3OS/c1-2-14-6-12-4-8(14)10-13-7(5-16-10)9(15)3-11/h4-6H,2-3H2,1H3. The predicted molar refractivity (Wildman–Crippen MR) is 64.1 cm³/mol. The Morgan fingerprint density at radius 3 is 3.12 bits per heavy atom. The van der Waals surface area contributed by atoms with Crippen LogP contribution in [0.1, 0.15) is 17.4 Å². The van der Waals surface area contributed by atoms with Crippen LogP contribution < -0.4 is 0 Å². The van der Waals surface area contributed by atoms with Gasteiger partial charge < -0.3 is 4.57 Å². The number of ketones is 1. The minimum absolute atomic E-state index is 0.0315. The zero-order valence-electron chi connectivity index (χ0n) is 8.68. The summed E-state index contributed by atoms with van der Waals surface area (Å²) in [5.74, 6) is -0.178. The first-order valence-electron chi connectivity index (χ1n) is 4.81. The molecule has 84 valence electrons. The van der Waals surface area contributed by atoms with Crippen LogP contribution in [-0.4, -0.2) is 26.2 Å². The molecule has 2 rings (SSSR count). The maximum Gasteiger partial charge on any atom is 0.196 e. The molecule has 0 bridgehead atoms. The molecule has 0 saturated carbocycles. The van der Waals surface area contributed by atoms with E-state index in [1.807, 2.05) is 11.5 Å². The molecule has 0 amide bonds. The predicted octanol–water partition coefficient (Wildman–Crippen LogP) is 2.45. The maximum atomic E-state index is 11.3. The van der Waals surface area contributed by atoms with Gasteiger partial charge in [0.15, 0.2) is 5.78 Å². The third-order valence-corrected chi connectivity index (χ3v) is 3.29. The molecule has 0 aliphatic carbocycles. The molecule has 0 aromatic carbocycles. The van der Waals surface area contributed by atoms with Gasteiger partial charge in [0.2, 0.25) is 0 Å². The summed E-state index contributed by atoms with van der Waals surface area (Å²) in [6.07, 6.45) is 3.50. The van der Waals surface area contributed by atoms with E-state index in [4.69, 9.17) is 11.6 Å². The molecule has 0 aliphatic heterocycles. The van der Waals surface area contributed by atoms with Crippen molar-refractivity contribution in [2.24, 2.45) is 0 Å². The minimum Gasteiger partial charge on any atom is -0.329 e. The van der Waals surface area contributed by atoms with Crippen molar-refractivity contribution in [3.63, 3.8) is 0 Å². The van der Waals surface area contributed by atoms with Crippen molar-refractivity contribution in [3.05, 3.63) is 23.6 Å². The molecule has 6 heteroatoms. The molecule has 0 fully saturated rings. The molecule has 0 aliphatic rings. The van der Waals surface area contributed by atoms with Crippen molar-refractivity contribution in [2.75, 3.05) is 5.88 Å². The first kappa shape index (κ1) is 11.3. The summed E-state index contributed by atoms with van der Waals surface area (Å²) in [6, 6.07) is 0. The Morgan fingerprint density at radius 2 is 2.44 bits per heavy atom. The number of hydrogen-bond donors (Lipinski definition) is 0. The van der Waals surface area contributed by atoms with Gasteiger partial charge in [-0.15, -0.1) is 22.9 Å². The van der Waals surface area contributed by atoms with E-state index in [1.54, 1.807) is 17.9 Å². The highest BCUT2D eigenvalue weighted by molar-refractivity contribution is 7.13. The molecule has 4 nitrogen and oxygen atoms in total. The summed E-state index contributed by atoms with van der Waals surface area (Å²) >= 11 is 6.91. The van der Waals surface area contributed by atoms with Crippen LogP contribution in [0.3, 0.4) is 0 Å². The van der Waals surface area contributed by atoms with Crippen molar-refractivity contribution in [1.29, 1.82) is 0 Å². The number of thiazole rings is 1. The Balaban J connectivity index is 2.35. The van der Waals surface area contributed by atoms with Crippen LogP contribution in [0.25, 0.3) is 10.7 Å². The fourth-order valence-electron chi connectivity index (χ4n) is 1.34. The molecular weight excluding hydrogens is 246 g/mol. The normalized spacial score (nSPS) is 10.6. The van der Waals surface area contributed by atoms with Crippen LogP contribution in [0.5, 0.6) is 0 Å². The van der Waals surface area contributed by atoms with E-state index in [0.29, 0.717) is 5.69 Å². The summed E-state index contributed by atoms with van der Waals surface area (Å²) in [6.45, 7) is 2.86. The van der Waals surface area contributed by atoms with Gasteiger partial charge in [0.25, 0.3) is 0 Å². The molecule has 2 aromatic rings. The second kappa shape index (κ2) is 4.76. The molecule has 0 radical (unpaired) electrons. The molecule has 0 saturated heterocycles. The summed E-state index contributed by atoms with van der Waals surface area (Å²) in [5, 5.41) is 2.53. The fraction of sp³-hybridized carbons (Fsp3) is 0.300. The van der Waals surface area contributed by atoms with Gasteiger partial charge in [-0.05, 0) is 6.92 Å². The van der Waals surface area contributed by atoms with Crippen LogP contribution in [0.4, 0.5) is 0 Å². The number of halogens is 1. The van der Waals surface area contributed by atoms with E-state index >= 15 is 0 Å². The number of nitrogens with zero attached hydrogens (tertiary/aromatic N) is 3. The number of hydrogen-bond acceptors (Lipinski definition) is 4. The zero-order chi connectivity index (χ0) is 11.5. The molecule has 16 heavy (non-hydrogen) atoms. The van der Waals surface area contributed by atoms with Gasteiger partial charge in [0, 0.05) is 11.9 Å². The van der Waals surface area contributed by atoms with E-state index in [-0.39, 0.29) is 11.7 Å². The first-order chi connectivity index (χ1) is 7.76. The highest BCUT2D eigenvalue weighted by atomic mass is 35.5. The van der Waals surface area contributed by atoms with E-state index < -0.39 is 0 Å². The minimum atomic E-state index is -0.147. The smallest absolute Gasteiger partial charge is 0.196 e. The zero-order valence-corrected chi connectivity index (χ0v) is 10.3. The van der Waals surface area contributed by atoms with Crippen molar-refractivity contribution >= 4 is 28.7 Å². The second-order valence-corrected chi connectivity index (χ2v) is 4.28. The topological polar surface area (TPSA) is 47.8 Å². The molecule has 0 spiro atoms. The Labute approximate surface area is 102 Å². The van der Waals surface area contributed by atoms with E-state index in [9.17, 15) is 4.79 Å². The number of rotatable bonds is 4. The highest BCUT2D eigenvalue weighted by Crippen LogP contribution is 2.23. The third kappa shape index (κ3) is 2.01. The van der Waals surface area contributed by atoms with Gasteiger partial charge in [-0.25, -0.2) is 9.97 Å². The van der Waals surface area contributed by atoms with Crippen molar-refractivity contribution < 1.29 is 4.79 Å². The average molecular weight is 256 g/mol. The van der Waals surface area contributed by atoms with Crippen LogP contribution in [0.15, 0.2) is 17.9 Å². The van der Waals surface area contributed by atoms with Gasteiger partial charge in [-0.1, -0.05) is 0 Å². The lowest BCUT2D eigenvalue weighted by molar-refractivity contribution is 0.101. The van der Waals surface area contributed by atoms with Crippen molar-refractivity contribution in [3.8, 4) is 10.7 Å². The number of Topliss-reactive ketones (excluding diaryl/α,β-unsaturated/α-hetero) is 1. The van der Waals surface area contributed by atoms with Gasteiger partial charge in [-0.3, -0.25) is 4.79 Å². The largest absolute Gasteiger partial charge is 0.329 e. The Hall–Kier alpha value is -1.20. The third-order valence-electron chi connectivity index (χ3n) is 2.18. The summed E-state index contributed by atoms with van der Waals surface area (Å²) in [5.41, 5.74) is 1.36. The van der Waals surface area contributed by atoms with Gasteiger partial charge >= 0.3 is 0 Å². The maximum absolute atomic E-state index is 11.3. The van der Waals surface area contributed by atoms with Gasteiger partial charge in [-0.2, -0.15) is 0 Å². The monoisotopic (exact) mass is 255 g/mol. The Bertz CT molecular complexity index is 506. The molecule has 2 aromatic heterocycles. The molecule has 0 atom stereocenters. The molecule has 0 N–H and O–H groups in total. The summed E-state index contributed by atoms with van der Waals surface area (Å²) < 4.78 is 1.98. The van der Waals surface area contributed by atoms with Crippen LogP contribution in [0, 0.1) is 0 Å². The quantitative estimate of drug-likeness (QED) is 0.623. The lowest BCUT2D eigenvalue weighted by Crippen LogP contribution is -2.00. The molecule has 2 heterocycles. The summed E-state index contributed by atoms with van der Waals surface area (Å²) in [4.78, 5) is 19.7. The number of aryl methyl sites for hydroxylation is 1. The van der Waals surface area contributed by atoms with Crippen molar-refractivity contribution in [1.82, 2.24) is 14.5 Å². The van der Waals surface area contributed by atoms with Crippen LogP contribution >= 0.6 is 22.9 Å². The van der Waals surface area contributed by atoms with Crippen LogP contribution in [0.2, 0.25) is 0 Å². The molecular formula is C10H10ClN3OS. The second-order valence-electron chi connectivity index (χ2n) is 3.16. The Kier molecular flexibility index (Phi) is 3.36. The number of alkyl halides is 1.